The molecule has 0 bridgehead atoms. The third-order valence-corrected chi connectivity index (χ3v) is 1.60. The van der Waals surface area contributed by atoms with Crippen molar-refractivity contribution < 1.29 is 4.57 Å². The lowest BCUT2D eigenvalue weighted by Gasteiger charge is -1.88. The van der Waals surface area contributed by atoms with E-state index in [2.05, 4.69) is 39.6 Å². The minimum Gasteiger partial charge on any atom is -0.204 e. The van der Waals surface area contributed by atoms with Crippen LogP contribution in [-0.4, -0.2) is 4.43 Å². The maximum absolute atomic E-state index is 2.37. The molecule has 2 heteroatoms. The Hall–Kier alpha value is -0.120. The van der Waals surface area contributed by atoms with Crippen molar-refractivity contribution in [3.05, 3.63) is 30.6 Å². The van der Waals surface area contributed by atoms with E-state index in [1.165, 1.54) is 4.43 Å². The van der Waals surface area contributed by atoms with Crippen LogP contribution in [0.5, 0.6) is 0 Å². The third-order valence-electron chi connectivity index (χ3n) is 1.12. The lowest BCUT2D eigenvalue weighted by atomic mass is 10.5. The molecule has 1 rings (SSSR count). The summed E-state index contributed by atoms with van der Waals surface area (Å²) in [6, 6.07) is 6.13. The van der Waals surface area contributed by atoms with E-state index in [0.717, 1.165) is 6.54 Å². The highest BCUT2D eigenvalue weighted by atomic mass is 127. The zero-order valence-corrected chi connectivity index (χ0v) is 7.28. The van der Waals surface area contributed by atoms with Gasteiger partial charge in [-0.15, -0.1) is 0 Å². The van der Waals surface area contributed by atoms with Gasteiger partial charge in [0, 0.05) is 12.1 Å². The summed E-state index contributed by atoms with van der Waals surface area (Å²) in [5.74, 6) is 0. The highest BCUT2D eigenvalue weighted by Gasteiger charge is 1.91. The average molecular weight is 234 g/mol. The second-order valence-electron chi connectivity index (χ2n) is 1.80. The van der Waals surface area contributed by atoms with Gasteiger partial charge >= 0.3 is 0 Å². The molecule has 1 nitrogen and oxygen atoms in total. The van der Waals surface area contributed by atoms with Gasteiger partial charge in [0.2, 0.25) is 0 Å². The molecule has 0 spiro atoms. The van der Waals surface area contributed by atoms with Crippen LogP contribution < -0.4 is 4.57 Å². The Bertz CT molecular complexity index is 162. The van der Waals surface area contributed by atoms with Crippen molar-refractivity contribution in [1.29, 1.82) is 0 Å². The van der Waals surface area contributed by atoms with E-state index in [-0.39, 0.29) is 0 Å². The maximum Gasteiger partial charge on any atom is 0.168 e. The minimum atomic E-state index is 1.11. The Morgan fingerprint density at radius 3 is 2.33 bits per heavy atom. The fourth-order valence-corrected chi connectivity index (χ4v) is 1.24. The molecule has 9 heavy (non-hydrogen) atoms. The second kappa shape index (κ2) is 3.82. The summed E-state index contributed by atoms with van der Waals surface area (Å²) in [5, 5.41) is 0. The quantitative estimate of drug-likeness (QED) is 0.414. The Balaban J connectivity index is 2.61. The first-order chi connectivity index (χ1) is 4.43. The molecule has 0 aliphatic rings. The van der Waals surface area contributed by atoms with E-state index in [1.807, 2.05) is 18.2 Å². The van der Waals surface area contributed by atoms with Gasteiger partial charge in [-0.25, -0.2) is 4.57 Å². The molecule has 0 radical (unpaired) electrons. The average Bonchev–Trinajstić information content (AvgIpc) is 1.91. The van der Waals surface area contributed by atoms with E-state index >= 15 is 0 Å². The molecule has 1 aromatic heterocycles. The molecule has 1 aromatic rings. The van der Waals surface area contributed by atoms with Gasteiger partial charge in [-0.05, 0) is 0 Å². The van der Waals surface area contributed by atoms with Crippen molar-refractivity contribution in [2.45, 2.75) is 6.54 Å². The van der Waals surface area contributed by atoms with Gasteiger partial charge in [-0.3, -0.25) is 0 Å². The number of aryl methyl sites for hydroxylation is 1. The normalized spacial score (nSPS) is 9.44. The molecular weight excluding hydrogens is 225 g/mol. The number of halogens is 1. The Labute approximate surface area is 68.9 Å². The Morgan fingerprint density at radius 2 is 1.78 bits per heavy atom. The minimum absolute atomic E-state index is 1.11. The standard InChI is InChI=1S/C7H9IN/c8-4-7-9-5-2-1-3-6-9/h1-3,5-6H,4,7H2/q+1. The van der Waals surface area contributed by atoms with Crippen molar-refractivity contribution >= 4 is 22.6 Å². The number of hydrogen-bond donors (Lipinski definition) is 0. The lowest BCUT2D eigenvalue weighted by Crippen LogP contribution is -2.32. The van der Waals surface area contributed by atoms with Crippen LogP contribution in [-0.2, 0) is 6.54 Å². The fraction of sp³-hybridized carbons (Fsp3) is 0.286. The Morgan fingerprint density at radius 1 is 1.11 bits per heavy atom. The van der Waals surface area contributed by atoms with Crippen molar-refractivity contribution in [3.8, 4) is 0 Å². The summed E-state index contributed by atoms with van der Waals surface area (Å²) in [5.41, 5.74) is 0. The van der Waals surface area contributed by atoms with E-state index in [4.69, 9.17) is 0 Å². The van der Waals surface area contributed by atoms with Crippen molar-refractivity contribution in [2.24, 2.45) is 0 Å². The monoisotopic (exact) mass is 234 g/mol. The molecule has 48 valence electrons. The predicted octanol–water partition coefficient (Wildman–Crippen LogP) is 1.41. The Kier molecular flexibility index (Phi) is 2.97. The molecule has 1 heterocycles. The summed E-state index contributed by atoms with van der Waals surface area (Å²) < 4.78 is 3.35. The molecule has 0 aliphatic heterocycles. The first kappa shape index (κ1) is 6.99. The van der Waals surface area contributed by atoms with Crippen molar-refractivity contribution in [3.63, 3.8) is 0 Å². The number of aromatic nitrogens is 1. The molecule has 0 aromatic carbocycles. The van der Waals surface area contributed by atoms with Gasteiger partial charge < -0.3 is 0 Å². The van der Waals surface area contributed by atoms with Crippen molar-refractivity contribution in [1.82, 2.24) is 0 Å². The van der Waals surface area contributed by atoms with E-state index in [1.54, 1.807) is 0 Å². The van der Waals surface area contributed by atoms with Crippen LogP contribution in [0.3, 0.4) is 0 Å². The van der Waals surface area contributed by atoms with Gasteiger partial charge in [-0.2, -0.15) is 0 Å². The van der Waals surface area contributed by atoms with Gasteiger partial charge in [0.25, 0.3) is 0 Å². The van der Waals surface area contributed by atoms with Gasteiger partial charge in [-0.1, -0.05) is 28.7 Å². The summed E-state index contributed by atoms with van der Waals surface area (Å²) >= 11 is 2.37. The van der Waals surface area contributed by atoms with E-state index in [9.17, 15) is 0 Å². The first-order valence-corrected chi connectivity index (χ1v) is 4.46. The van der Waals surface area contributed by atoms with Crippen LogP contribution in [0.4, 0.5) is 0 Å². The van der Waals surface area contributed by atoms with Crippen molar-refractivity contribution in [2.75, 3.05) is 4.43 Å². The van der Waals surface area contributed by atoms with Gasteiger partial charge in [0.05, 0.1) is 4.43 Å². The molecule has 0 aliphatic carbocycles. The van der Waals surface area contributed by atoms with Gasteiger partial charge in [0.15, 0.2) is 18.9 Å². The number of alkyl halides is 1. The van der Waals surface area contributed by atoms with E-state index < -0.39 is 0 Å². The third kappa shape index (κ3) is 2.30. The van der Waals surface area contributed by atoms with E-state index in [0.29, 0.717) is 0 Å². The first-order valence-electron chi connectivity index (χ1n) is 2.93. The SMILES string of the molecule is ICC[n+]1ccccc1. The van der Waals surface area contributed by atoms with Crippen LogP contribution in [0.25, 0.3) is 0 Å². The van der Waals surface area contributed by atoms with Gasteiger partial charge in [0.1, 0.15) is 0 Å². The zero-order chi connectivity index (χ0) is 6.53. The van der Waals surface area contributed by atoms with Crippen LogP contribution in [0.1, 0.15) is 0 Å². The highest BCUT2D eigenvalue weighted by Crippen LogP contribution is 1.81. The molecule has 0 N–H and O–H groups in total. The maximum atomic E-state index is 2.37. The smallest absolute Gasteiger partial charge is 0.168 e. The molecule has 0 amide bonds. The van der Waals surface area contributed by atoms with Crippen LogP contribution >= 0.6 is 22.6 Å². The molecule has 0 atom stereocenters. The topological polar surface area (TPSA) is 3.88 Å². The fourth-order valence-electron chi connectivity index (χ4n) is 0.681. The molecule has 0 saturated heterocycles. The van der Waals surface area contributed by atoms with Crippen LogP contribution in [0.2, 0.25) is 0 Å². The molecule has 0 saturated carbocycles. The lowest BCUT2D eigenvalue weighted by molar-refractivity contribution is -0.691. The number of nitrogens with zero attached hydrogens (tertiary/aromatic N) is 1. The summed E-state index contributed by atoms with van der Waals surface area (Å²) in [6.07, 6.45) is 4.16. The number of pyridine rings is 1. The number of rotatable bonds is 2. The summed E-state index contributed by atoms with van der Waals surface area (Å²) in [7, 11) is 0. The second-order valence-corrected chi connectivity index (χ2v) is 2.88. The van der Waals surface area contributed by atoms with Crippen LogP contribution in [0, 0.1) is 0 Å². The molecule has 0 unspecified atom stereocenters. The summed E-state index contributed by atoms with van der Waals surface area (Å²) in [6.45, 7) is 1.11. The summed E-state index contributed by atoms with van der Waals surface area (Å²) in [4.78, 5) is 0. The number of hydrogen-bond acceptors (Lipinski definition) is 0. The van der Waals surface area contributed by atoms with Crippen LogP contribution in [0.15, 0.2) is 30.6 Å². The largest absolute Gasteiger partial charge is 0.204 e. The highest BCUT2D eigenvalue weighted by molar-refractivity contribution is 14.1. The molecule has 0 fully saturated rings. The zero-order valence-electron chi connectivity index (χ0n) is 5.13. The predicted molar refractivity (Wildman–Crippen MR) is 45.5 cm³/mol. The molecular formula is C7H9IN+.